The number of hydrogen-bond acceptors (Lipinski definition) is 4. The third-order valence-electron chi connectivity index (χ3n) is 4.87. The van der Waals surface area contributed by atoms with Gasteiger partial charge in [0.1, 0.15) is 4.88 Å². The summed E-state index contributed by atoms with van der Waals surface area (Å²) in [5.41, 5.74) is 4.06. The number of aryl methyl sites for hydroxylation is 1. The summed E-state index contributed by atoms with van der Waals surface area (Å²) in [6.07, 6.45) is 2.56. The second kappa shape index (κ2) is 7.31. The van der Waals surface area contributed by atoms with Crippen molar-refractivity contribution >= 4 is 44.8 Å². The first kappa shape index (κ1) is 18.0. The summed E-state index contributed by atoms with van der Waals surface area (Å²) >= 11 is 7.81. The fourth-order valence-electron chi connectivity index (χ4n) is 3.55. The molecule has 0 bridgehead atoms. The number of carbonyl (C=O) groups is 2. The Labute approximate surface area is 164 Å². The van der Waals surface area contributed by atoms with Crippen molar-refractivity contribution in [3.05, 3.63) is 69.1 Å². The molecule has 3 aromatic rings. The maximum atomic E-state index is 12.9. The number of hydroxylamine groups is 1. The zero-order valence-corrected chi connectivity index (χ0v) is 15.9. The third kappa shape index (κ3) is 3.32. The molecule has 1 atom stereocenters. The second-order valence-corrected chi connectivity index (χ2v) is 7.94. The van der Waals surface area contributed by atoms with E-state index in [2.05, 4.69) is 5.32 Å². The van der Waals surface area contributed by atoms with E-state index in [4.69, 9.17) is 16.8 Å². The molecule has 1 aliphatic carbocycles. The monoisotopic (exact) mass is 400 g/mol. The van der Waals surface area contributed by atoms with E-state index in [1.165, 1.54) is 11.3 Å². The predicted octanol–water partition coefficient (Wildman–Crippen LogP) is 4.48. The van der Waals surface area contributed by atoms with E-state index in [1.807, 2.05) is 30.3 Å². The molecule has 0 spiro atoms. The number of halogens is 1. The van der Waals surface area contributed by atoms with E-state index in [1.54, 1.807) is 17.6 Å². The number of amides is 2. The number of nitrogens with one attached hydrogen (secondary N) is 2. The first-order valence-corrected chi connectivity index (χ1v) is 9.83. The maximum absolute atomic E-state index is 12.9. The van der Waals surface area contributed by atoms with Crippen molar-refractivity contribution in [2.45, 2.75) is 25.3 Å². The second-order valence-electron chi connectivity index (χ2n) is 6.51. The van der Waals surface area contributed by atoms with E-state index in [0.29, 0.717) is 15.5 Å². The van der Waals surface area contributed by atoms with Crippen LogP contribution < -0.4 is 10.8 Å². The van der Waals surface area contributed by atoms with Crippen molar-refractivity contribution in [3.8, 4) is 0 Å². The van der Waals surface area contributed by atoms with Gasteiger partial charge < -0.3 is 5.32 Å². The lowest BCUT2D eigenvalue weighted by Gasteiger charge is -2.26. The SMILES string of the molecule is O=C(NO)c1ccc2c(c1)CCCC2NC(=O)c1sc2ccccc2c1Cl. The van der Waals surface area contributed by atoms with Gasteiger partial charge in [-0.3, -0.25) is 14.8 Å². The van der Waals surface area contributed by atoms with Crippen LogP contribution >= 0.6 is 22.9 Å². The minimum Gasteiger partial charge on any atom is -0.344 e. The number of rotatable bonds is 3. The summed E-state index contributed by atoms with van der Waals surface area (Å²) < 4.78 is 0.983. The van der Waals surface area contributed by atoms with Crippen molar-refractivity contribution in [1.82, 2.24) is 10.8 Å². The van der Waals surface area contributed by atoms with Crippen LogP contribution in [-0.2, 0) is 6.42 Å². The molecule has 1 heterocycles. The van der Waals surface area contributed by atoms with Crippen LogP contribution in [0.5, 0.6) is 0 Å². The molecule has 138 valence electrons. The van der Waals surface area contributed by atoms with Crippen LogP contribution in [0.2, 0.25) is 5.02 Å². The molecule has 2 aromatic carbocycles. The Balaban J connectivity index is 1.61. The van der Waals surface area contributed by atoms with Crippen molar-refractivity contribution in [1.29, 1.82) is 0 Å². The first-order chi connectivity index (χ1) is 13.1. The Morgan fingerprint density at radius 1 is 1.15 bits per heavy atom. The average Bonchev–Trinajstić information content (AvgIpc) is 3.04. The highest BCUT2D eigenvalue weighted by Gasteiger charge is 2.25. The Kier molecular flexibility index (Phi) is 4.86. The van der Waals surface area contributed by atoms with E-state index < -0.39 is 5.91 Å². The smallest absolute Gasteiger partial charge is 0.274 e. The summed E-state index contributed by atoms with van der Waals surface area (Å²) in [5, 5.41) is 13.3. The molecule has 4 rings (SSSR count). The van der Waals surface area contributed by atoms with Gasteiger partial charge in [-0.25, -0.2) is 5.48 Å². The van der Waals surface area contributed by atoms with Crippen LogP contribution in [0.15, 0.2) is 42.5 Å². The molecule has 3 N–H and O–H groups in total. The fourth-order valence-corrected chi connectivity index (χ4v) is 4.97. The molecular formula is C20H17ClN2O3S. The van der Waals surface area contributed by atoms with Gasteiger partial charge in [-0.1, -0.05) is 35.9 Å². The van der Waals surface area contributed by atoms with E-state index >= 15 is 0 Å². The minimum absolute atomic E-state index is 0.131. The van der Waals surface area contributed by atoms with Crippen LogP contribution in [0.4, 0.5) is 0 Å². The highest BCUT2D eigenvalue weighted by molar-refractivity contribution is 7.21. The van der Waals surface area contributed by atoms with Gasteiger partial charge in [-0.2, -0.15) is 0 Å². The molecule has 0 saturated heterocycles. The quantitative estimate of drug-likeness (QED) is 0.448. The van der Waals surface area contributed by atoms with Crippen molar-refractivity contribution in [2.24, 2.45) is 0 Å². The summed E-state index contributed by atoms with van der Waals surface area (Å²) in [6, 6.07) is 12.8. The summed E-state index contributed by atoms with van der Waals surface area (Å²) in [5.74, 6) is -0.725. The van der Waals surface area contributed by atoms with Crippen molar-refractivity contribution in [2.75, 3.05) is 0 Å². The number of thiophene rings is 1. The minimum atomic E-state index is -0.541. The van der Waals surface area contributed by atoms with Crippen LogP contribution in [-0.4, -0.2) is 17.0 Å². The molecule has 1 aliphatic rings. The standard InChI is InChI=1S/C20H17ClN2O3S/c21-17-14-5-1-2-7-16(14)27-18(17)20(25)22-15-6-3-4-11-10-12(19(24)23-26)8-9-13(11)15/h1-2,5,7-10,15,26H,3-4,6H2,(H,22,25)(H,23,24). The maximum Gasteiger partial charge on any atom is 0.274 e. The Morgan fingerprint density at radius 2 is 1.96 bits per heavy atom. The summed E-state index contributed by atoms with van der Waals surface area (Å²) in [4.78, 5) is 25.0. The molecule has 1 aromatic heterocycles. The zero-order valence-electron chi connectivity index (χ0n) is 14.3. The summed E-state index contributed by atoms with van der Waals surface area (Å²) in [6.45, 7) is 0. The lowest BCUT2D eigenvalue weighted by molar-refractivity contribution is 0.0706. The molecule has 0 saturated carbocycles. The van der Waals surface area contributed by atoms with Gasteiger partial charge in [0, 0.05) is 15.6 Å². The van der Waals surface area contributed by atoms with Gasteiger partial charge in [-0.15, -0.1) is 11.3 Å². The number of benzene rings is 2. The Morgan fingerprint density at radius 3 is 2.74 bits per heavy atom. The molecule has 5 nitrogen and oxygen atoms in total. The zero-order chi connectivity index (χ0) is 19.0. The number of hydrogen-bond donors (Lipinski definition) is 3. The van der Waals surface area contributed by atoms with Gasteiger partial charge >= 0.3 is 0 Å². The molecule has 27 heavy (non-hydrogen) atoms. The Bertz CT molecular complexity index is 1050. The van der Waals surface area contributed by atoms with Crippen molar-refractivity contribution < 1.29 is 14.8 Å². The van der Waals surface area contributed by atoms with Gasteiger partial charge in [-0.05, 0) is 48.6 Å². The molecule has 0 fully saturated rings. The van der Waals surface area contributed by atoms with Crippen molar-refractivity contribution in [3.63, 3.8) is 0 Å². The lowest BCUT2D eigenvalue weighted by atomic mass is 9.86. The largest absolute Gasteiger partial charge is 0.344 e. The highest BCUT2D eigenvalue weighted by atomic mass is 35.5. The van der Waals surface area contributed by atoms with Crippen LogP contribution in [0, 0.1) is 0 Å². The summed E-state index contributed by atoms with van der Waals surface area (Å²) in [7, 11) is 0. The fraction of sp³-hybridized carbons (Fsp3) is 0.200. The topological polar surface area (TPSA) is 78.4 Å². The third-order valence-corrected chi connectivity index (χ3v) is 6.54. The molecular weight excluding hydrogens is 384 g/mol. The molecule has 0 aliphatic heterocycles. The number of carbonyl (C=O) groups excluding carboxylic acids is 2. The van der Waals surface area contributed by atoms with E-state index in [0.717, 1.165) is 40.5 Å². The van der Waals surface area contributed by atoms with Gasteiger partial charge in [0.25, 0.3) is 11.8 Å². The molecule has 0 radical (unpaired) electrons. The first-order valence-electron chi connectivity index (χ1n) is 8.63. The normalized spacial score (nSPS) is 16.0. The van der Waals surface area contributed by atoms with Crippen LogP contribution in [0.1, 0.15) is 50.0 Å². The van der Waals surface area contributed by atoms with Gasteiger partial charge in [0.2, 0.25) is 0 Å². The highest BCUT2D eigenvalue weighted by Crippen LogP contribution is 2.36. The predicted molar refractivity (Wildman–Crippen MR) is 106 cm³/mol. The molecule has 1 unspecified atom stereocenters. The van der Waals surface area contributed by atoms with Crippen LogP contribution in [0.25, 0.3) is 10.1 Å². The Hall–Kier alpha value is -2.41. The van der Waals surface area contributed by atoms with E-state index in [9.17, 15) is 9.59 Å². The molecule has 2 amide bonds. The average molecular weight is 401 g/mol. The number of fused-ring (bicyclic) bond motifs is 2. The lowest BCUT2D eigenvalue weighted by Crippen LogP contribution is -2.31. The van der Waals surface area contributed by atoms with Gasteiger partial charge in [0.15, 0.2) is 0 Å². The van der Waals surface area contributed by atoms with Crippen LogP contribution in [0.3, 0.4) is 0 Å². The van der Waals surface area contributed by atoms with E-state index in [-0.39, 0.29) is 11.9 Å². The molecule has 7 heteroatoms. The van der Waals surface area contributed by atoms with Gasteiger partial charge in [0.05, 0.1) is 11.1 Å².